The predicted molar refractivity (Wildman–Crippen MR) is 89.2 cm³/mol. The lowest BCUT2D eigenvalue weighted by atomic mass is 10.2. The molecule has 0 saturated heterocycles. The molecule has 2 aromatic carbocycles. The molecule has 0 spiro atoms. The smallest absolute Gasteiger partial charge is 0.243 e. The Hall–Kier alpha value is -1.94. The Morgan fingerprint density at radius 1 is 1.19 bits per heavy atom. The fraction of sp³-hybridized carbons (Fsp3) is 0.235. The van der Waals surface area contributed by atoms with Crippen LogP contribution in [0.15, 0.2) is 53.4 Å². The van der Waals surface area contributed by atoms with E-state index in [0.717, 1.165) is 29.2 Å². The molecule has 1 heterocycles. The van der Waals surface area contributed by atoms with Gasteiger partial charge in [-0.2, -0.15) is 0 Å². The third-order valence-electron chi connectivity index (χ3n) is 3.58. The topological polar surface area (TPSA) is 32.3 Å². The fourth-order valence-electron chi connectivity index (χ4n) is 2.47. The zero-order valence-electron chi connectivity index (χ0n) is 12.0. The van der Waals surface area contributed by atoms with Crippen molar-refractivity contribution in [3.63, 3.8) is 0 Å². The summed E-state index contributed by atoms with van der Waals surface area (Å²) in [6.07, 6.45) is 0. The van der Waals surface area contributed by atoms with Gasteiger partial charge in [0.15, 0.2) is 0 Å². The first-order valence-corrected chi connectivity index (χ1v) is 8.05. The van der Waals surface area contributed by atoms with Crippen molar-refractivity contribution in [2.24, 2.45) is 0 Å². The number of anilines is 2. The van der Waals surface area contributed by atoms with Gasteiger partial charge in [0.05, 0.1) is 12.2 Å². The summed E-state index contributed by atoms with van der Waals surface area (Å²) in [5.74, 6) is 1.06. The van der Waals surface area contributed by atoms with E-state index in [1.165, 1.54) is 4.90 Å². The summed E-state index contributed by atoms with van der Waals surface area (Å²) in [5, 5.41) is 3.00. The zero-order valence-corrected chi connectivity index (χ0v) is 12.8. The molecular weight excluding hydrogens is 280 g/mol. The second kappa shape index (κ2) is 6.22. The molecule has 1 amide bonds. The third kappa shape index (κ3) is 3.22. The van der Waals surface area contributed by atoms with Gasteiger partial charge in [0, 0.05) is 22.9 Å². The molecule has 2 aromatic rings. The van der Waals surface area contributed by atoms with Crippen LogP contribution in [0.3, 0.4) is 0 Å². The van der Waals surface area contributed by atoms with E-state index in [0.29, 0.717) is 6.54 Å². The van der Waals surface area contributed by atoms with E-state index in [1.807, 2.05) is 55.1 Å². The molecule has 0 bridgehead atoms. The van der Waals surface area contributed by atoms with Crippen LogP contribution in [0.25, 0.3) is 0 Å². The maximum absolute atomic E-state index is 12.3. The summed E-state index contributed by atoms with van der Waals surface area (Å²) >= 11 is 1.85. The van der Waals surface area contributed by atoms with Crippen LogP contribution < -0.4 is 10.2 Å². The molecule has 1 aliphatic rings. The van der Waals surface area contributed by atoms with Crippen molar-refractivity contribution in [1.82, 2.24) is 0 Å². The molecule has 0 aliphatic carbocycles. The second-order valence-electron chi connectivity index (χ2n) is 5.10. The minimum Gasteiger partial charge on any atom is -0.360 e. The number of carbonyl (C=O) groups excluding carboxylic acids is 1. The van der Waals surface area contributed by atoms with Crippen LogP contribution in [0.2, 0.25) is 0 Å². The first-order valence-electron chi connectivity index (χ1n) is 7.06. The van der Waals surface area contributed by atoms with Crippen molar-refractivity contribution in [2.45, 2.75) is 11.8 Å². The van der Waals surface area contributed by atoms with Gasteiger partial charge in [0.1, 0.15) is 0 Å². The number of benzene rings is 2. The number of thioether (sulfide) groups is 1. The number of hydrogen-bond acceptors (Lipinski definition) is 3. The van der Waals surface area contributed by atoms with E-state index in [9.17, 15) is 4.79 Å². The SMILES string of the molecule is Cc1ccccc1NC(=O)CN1CCSc2ccccc21. The number of para-hydroxylation sites is 2. The van der Waals surface area contributed by atoms with Crippen molar-refractivity contribution in [2.75, 3.05) is 29.1 Å². The van der Waals surface area contributed by atoms with Gasteiger partial charge in [-0.1, -0.05) is 30.3 Å². The average molecular weight is 298 g/mol. The quantitative estimate of drug-likeness (QED) is 0.940. The minimum atomic E-state index is 0.0333. The molecule has 21 heavy (non-hydrogen) atoms. The summed E-state index contributed by atoms with van der Waals surface area (Å²) in [6.45, 7) is 3.30. The van der Waals surface area contributed by atoms with Crippen LogP contribution in [0, 0.1) is 6.92 Å². The predicted octanol–water partition coefficient (Wildman–Crippen LogP) is 3.55. The maximum Gasteiger partial charge on any atom is 0.243 e. The van der Waals surface area contributed by atoms with E-state index in [1.54, 1.807) is 0 Å². The monoisotopic (exact) mass is 298 g/mol. The molecule has 1 aliphatic heterocycles. The largest absolute Gasteiger partial charge is 0.360 e. The number of nitrogens with zero attached hydrogens (tertiary/aromatic N) is 1. The van der Waals surface area contributed by atoms with Gasteiger partial charge in [-0.15, -0.1) is 11.8 Å². The molecular formula is C17H18N2OS. The van der Waals surface area contributed by atoms with Crippen molar-refractivity contribution in [1.29, 1.82) is 0 Å². The van der Waals surface area contributed by atoms with Crippen molar-refractivity contribution >= 4 is 29.0 Å². The van der Waals surface area contributed by atoms with E-state index < -0.39 is 0 Å². The normalized spacial score (nSPS) is 13.7. The minimum absolute atomic E-state index is 0.0333. The molecule has 0 unspecified atom stereocenters. The van der Waals surface area contributed by atoms with Crippen LogP contribution in [0.5, 0.6) is 0 Å². The van der Waals surface area contributed by atoms with E-state index in [2.05, 4.69) is 22.3 Å². The highest BCUT2D eigenvalue weighted by Crippen LogP contribution is 2.34. The lowest BCUT2D eigenvalue weighted by Crippen LogP contribution is -2.36. The molecule has 0 atom stereocenters. The molecule has 3 rings (SSSR count). The van der Waals surface area contributed by atoms with Crippen molar-refractivity contribution in [3.8, 4) is 0 Å². The van der Waals surface area contributed by atoms with E-state index >= 15 is 0 Å². The summed E-state index contributed by atoms with van der Waals surface area (Å²) in [7, 11) is 0. The lowest BCUT2D eigenvalue weighted by molar-refractivity contribution is -0.115. The van der Waals surface area contributed by atoms with Gasteiger partial charge >= 0.3 is 0 Å². The maximum atomic E-state index is 12.3. The third-order valence-corrected chi connectivity index (χ3v) is 4.62. The average Bonchev–Trinajstić information content (AvgIpc) is 2.50. The number of rotatable bonds is 3. The van der Waals surface area contributed by atoms with Crippen LogP contribution in [0.1, 0.15) is 5.56 Å². The lowest BCUT2D eigenvalue weighted by Gasteiger charge is -2.30. The Morgan fingerprint density at radius 2 is 1.95 bits per heavy atom. The van der Waals surface area contributed by atoms with Gasteiger partial charge in [0.25, 0.3) is 0 Å². The first kappa shape index (κ1) is 14.0. The highest BCUT2D eigenvalue weighted by molar-refractivity contribution is 7.99. The van der Waals surface area contributed by atoms with Crippen molar-refractivity contribution in [3.05, 3.63) is 54.1 Å². The molecule has 4 heteroatoms. The van der Waals surface area contributed by atoms with Crippen LogP contribution in [0.4, 0.5) is 11.4 Å². The van der Waals surface area contributed by atoms with Crippen LogP contribution >= 0.6 is 11.8 Å². The highest BCUT2D eigenvalue weighted by Gasteiger charge is 2.19. The van der Waals surface area contributed by atoms with Gasteiger partial charge in [0.2, 0.25) is 5.91 Å². The number of amides is 1. The van der Waals surface area contributed by atoms with Gasteiger partial charge in [-0.3, -0.25) is 4.79 Å². The number of hydrogen-bond donors (Lipinski definition) is 1. The summed E-state index contributed by atoms with van der Waals surface area (Å²) in [6, 6.07) is 16.1. The van der Waals surface area contributed by atoms with E-state index in [-0.39, 0.29) is 5.91 Å². The molecule has 0 radical (unpaired) electrons. The van der Waals surface area contributed by atoms with Gasteiger partial charge in [-0.25, -0.2) is 0 Å². The first-order chi connectivity index (χ1) is 10.2. The Labute approximate surface area is 129 Å². The zero-order chi connectivity index (χ0) is 14.7. The second-order valence-corrected chi connectivity index (χ2v) is 6.24. The Kier molecular flexibility index (Phi) is 4.15. The van der Waals surface area contributed by atoms with Gasteiger partial charge < -0.3 is 10.2 Å². The summed E-state index contributed by atoms with van der Waals surface area (Å²) in [4.78, 5) is 15.7. The Balaban J connectivity index is 1.70. The Morgan fingerprint density at radius 3 is 2.81 bits per heavy atom. The molecule has 0 fully saturated rings. The summed E-state index contributed by atoms with van der Waals surface area (Å²) in [5.41, 5.74) is 3.14. The summed E-state index contributed by atoms with van der Waals surface area (Å²) < 4.78 is 0. The molecule has 0 aromatic heterocycles. The van der Waals surface area contributed by atoms with Crippen molar-refractivity contribution < 1.29 is 4.79 Å². The fourth-order valence-corrected chi connectivity index (χ4v) is 3.52. The Bertz CT molecular complexity index is 657. The number of carbonyl (C=O) groups is 1. The molecule has 1 N–H and O–H groups in total. The molecule has 108 valence electrons. The highest BCUT2D eigenvalue weighted by atomic mass is 32.2. The molecule has 0 saturated carbocycles. The standard InChI is InChI=1S/C17H18N2OS/c1-13-6-2-3-7-14(13)18-17(20)12-19-10-11-21-16-9-5-4-8-15(16)19/h2-9H,10-12H2,1H3,(H,18,20). The van der Waals surface area contributed by atoms with E-state index in [4.69, 9.17) is 0 Å². The number of aryl methyl sites for hydroxylation is 1. The van der Waals surface area contributed by atoms with Crippen LogP contribution in [-0.4, -0.2) is 24.7 Å². The van der Waals surface area contributed by atoms with Crippen LogP contribution in [-0.2, 0) is 4.79 Å². The number of nitrogens with one attached hydrogen (secondary N) is 1. The van der Waals surface area contributed by atoms with Gasteiger partial charge in [-0.05, 0) is 30.7 Å². The number of fused-ring (bicyclic) bond motifs is 1. The molecule has 3 nitrogen and oxygen atoms in total.